The van der Waals surface area contributed by atoms with Crippen LogP contribution in [0, 0.1) is 0 Å². The van der Waals surface area contributed by atoms with Crippen molar-refractivity contribution in [3.8, 4) is 0 Å². The molecule has 1 saturated heterocycles. The Labute approximate surface area is 190 Å². The van der Waals surface area contributed by atoms with Crippen LogP contribution in [-0.2, 0) is 57.5 Å². The van der Waals surface area contributed by atoms with Crippen LogP contribution < -0.4 is 0 Å². The summed E-state index contributed by atoms with van der Waals surface area (Å²) in [7, 11) is -4.86. The molecule has 0 amide bonds. The molecule has 1 aliphatic heterocycles. The molecule has 0 spiro atoms. The third kappa shape index (κ3) is 9.91. The molecule has 1 aliphatic rings. The predicted molar refractivity (Wildman–Crippen MR) is 103 cm³/mol. The first-order valence-electron chi connectivity index (χ1n) is 8.87. The van der Waals surface area contributed by atoms with Crippen LogP contribution in [0.3, 0.4) is 0 Å². The predicted octanol–water partition coefficient (Wildman–Crippen LogP) is -1.07. The maximum atomic E-state index is 11.7. The topological polar surface area (TPSA) is 190 Å². The van der Waals surface area contributed by atoms with Gasteiger partial charge in [-0.2, -0.15) is 0 Å². The maximum absolute atomic E-state index is 11.7. The summed E-state index contributed by atoms with van der Waals surface area (Å²) in [5.74, 6) is -3.00. The Kier molecular flexibility index (Phi) is 10.5. The molecule has 32 heavy (non-hydrogen) atoms. The van der Waals surface area contributed by atoms with E-state index >= 15 is 0 Å². The number of oxime groups is 1. The zero-order valence-electron chi connectivity index (χ0n) is 17.7. The van der Waals surface area contributed by atoms with Crippen molar-refractivity contribution in [2.45, 2.75) is 64.0 Å². The molecule has 0 unspecified atom stereocenters. The van der Waals surface area contributed by atoms with Gasteiger partial charge >= 0.3 is 190 Å². The van der Waals surface area contributed by atoms with Crippen molar-refractivity contribution < 1.29 is 60.1 Å². The van der Waals surface area contributed by atoms with E-state index in [-0.39, 0.29) is 4.61 Å². The summed E-state index contributed by atoms with van der Waals surface area (Å²) < 4.78 is 60.7. The number of ether oxygens (including phenoxy) is 5. The van der Waals surface area contributed by atoms with Gasteiger partial charge in [-0.15, -0.1) is 0 Å². The fourth-order valence-electron chi connectivity index (χ4n) is 2.57. The molecule has 0 aromatic rings. The van der Waals surface area contributed by atoms with Gasteiger partial charge in [0.2, 0.25) is 0 Å². The van der Waals surface area contributed by atoms with Crippen LogP contribution >= 0.6 is 0 Å². The summed E-state index contributed by atoms with van der Waals surface area (Å²) in [6.45, 7) is 5.34. The molecule has 1 N–H and O–H groups in total. The second kappa shape index (κ2) is 12.1. The Morgan fingerprint density at radius 1 is 0.875 bits per heavy atom. The minimum atomic E-state index is -4.86. The molecule has 14 nitrogen and oxygen atoms in total. The summed E-state index contributed by atoms with van der Waals surface area (Å²) in [6, 6.07) is 0. The second-order valence-corrected chi connectivity index (χ2v) is 10.0. The van der Waals surface area contributed by atoms with Gasteiger partial charge in [-0.25, -0.2) is 0 Å². The van der Waals surface area contributed by atoms with Gasteiger partial charge < -0.3 is 0 Å². The Hall–Kier alpha value is -2.26. The molecule has 16 heteroatoms. The van der Waals surface area contributed by atoms with E-state index < -0.39 is 85.3 Å². The molecule has 1 rings (SSSR count). The number of nitrogens with zero attached hydrogens (tertiary/aromatic N) is 1. The number of carbonyl (C=O) groups is 4. The number of carbonyl (C=O) groups excluding carboxylic acids is 4. The molecule has 1 fully saturated rings. The van der Waals surface area contributed by atoms with E-state index in [1.807, 2.05) is 0 Å². The molecule has 182 valence electrons. The van der Waals surface area contributed by atoms with Crippen molar-refractivity contribution in [2.75, 3.05) is 6.61 Å². The summed E-state index contributed by atoms with van der Waals surface area (Å²) >= 11 is -0.932. The van der Waals surface area contributed by atoms with Gasteiger partial charge in [0.1, 0.15) is 0 Å². The molecule has 0 saturated carbocycles. The van der Waals surface area contributed by atoms with Crippen molar-refractivity contribution in [2.24, 2.45) is 5.16 Å². The SMILES string of the molecule is CC(=O)OC[C@H]1O[C@@H]([Se]/C(C)=N\OS(=O)(=O)O)[C@H](OC(C)=O)[C@@H](OC(C)=O)[C@@H]1OC(C)=O. The van der Waals surface area contributed by atoms with E-state index in [9.17, 15) is 27.6 Å². The van der Waals surface area contributed by atoms with E-state index in [0.717, 1.165) is 27.7 Å². The summed E-state index contributed by atoms with van der Waals surface area (Å²) in [5, 5.41) is 2.19. The standard InChI is InChI=1S/C16H23NO13SSe/c1-7(17-30-31(22,23)24)32-16-15(28-11(5)21)14(27-10(4)20)13(26-9(3)19)12(29-16)6-25-8(2)18/h12-16H,6H2,1-5H3,(H,22,23,24)/b17-7-/t12-,13-,14+,15-,16+/m1/s1. The van der Waals surface area contributed by atoms with E-state index in [4.69, 9.17) is 28.2 Å². The Morgan fingerprint density at radius 2 is 1.38 bits per heavy atom. The van der Waals surface area contributed by atoms with Crippen LogP contribution in [0.5, 0.6) is 0 Å². The zero-order valence-corrected chi connectivity index (χ0v) is 20.2. The molecule has 5 atom stereocenters. The van der Waals surface area contributed by atoms with Gasteiger partial charge in [-0.3, -0.25) is 0 Å². The number of esters is 4. The normalized spacial score (nSPS) is 25.9. The fraction of sp³-hybridized carbons (Fsp3) is 0.688. The van der Waals surface area contributed by atoms with Gasteiger partial charge in [-0.1, -0.05) is 0 Å². The average molecular weight is 548 g/mol. The van der Waals surface area contributed by atoms with Gasteiger partial charge in [0.15, 0.2) is 0 Å². The van der Waals surface area contributed by atoms with E-state index in [0.29, 0.717) is 0 Å². The molecule has 1 heterocycles. The Morgan fingerprint density at radius 3 is 1.84 bits per heavy atom. The molecule has 0 aliphatic carbocycles. The van der Waals surface area contributed by atoms with Gasteiger partial charge in [0, 0.05) is 0 Å². The first-order chi connectivity index (χ1) is 14.7. The van der Waals surface area contributed by atoms with Crippen molar-refractivity contribution >= 4 is 53.8 Å². The monoisotopic (exact) mass is 549 g/mol. The first-order valence-corrected chi connectivity index (χ1v) is 12.1. The molecule has 0 aromatic heterocycles. The van der Waals surface area contributed by atoms with E-state index in [1.165, 1.54) is 6.92 Å². The van der Waals surface area contributed by atoms with Crippen LogP contribution in [0.2, 0.25) is 0 Å². The van der Waals surface area contributed by atoms with Gasteiger partial charge in [-0.05, 0) is 0 Å². The summed E-state index contributed by atoms with van der Waals surface area (Å²) in [4.78, 5) is 46.3. The Bertz CT molecular complexity index is 858. The van der Waals surface area contributed by atoms with Gasteiger partial charge in [0.05, 0.1) is 0 Å². The van der Waals surface area contributed by atoms with Crippen LogP contribution in [0.25, 0.3) is 0 Å². The summed E-state index contributed by atoms with van der Waals surface area (Å²) in [6.07, 6.45) is -5.10. The number of rotatable bonds is 9. The van der Waals surface area contributed by atoms with Crippen molar-refractivity contribution in [3.05, 3.63) is 0 Å². The molecule has 0 radical (unpaired) electrons. The van der Waals surface area contributed by atoms with Crippen molar-refractivity contribution in [1.82, 2.24) is 0 Å². The quantitative estimate of drug-likeness (QED) is 0.0916. The Balaban J connectivity index is 3.36. The second-order valence-electron chi connectivity index (χ2n) is 6.30. The molecule has 0 aromatic carbocycles. The average Bonchev–Trinajstić information content (AvgIpc) is 2.61. The third-order valence-corrected chi connectivity index (χ3v) is 5.91. The van der Waals surface area contributed by atoms with Crippen molar-refractivity contribution in [1.29, 1.82) is 0 Å². The van der Waals surface area contributed by atoms with Crippen LogP contribution in [-0.4, -0.2) is 92.4 Å². The van der Waals surface area contributed by atoms with E-state index in [1.54, 1.807) is 0 Å². The molecular weight excluding hydrogens is 525 g/mol. The first kappa shape index (κ1) is 27.8. The van der Waals surface area contributed by atoms with Crippen LogP contribution in [0.15, 0.2) is 5.16 Å². The van der Waals surface area contributed by atoms with Gasteiger partial charge in [0.25, 0.3) is 0 Å². The number of hydrogen-bond donors (Lipinski definition) is 1. The molecular formula is C16H23NO13SSe. The van der Waals surface area contributed by atoms with Crippen LogP contribution in [0.1, 0.15) is 34.6 Å². The zero-order chi connectivity index (χ0) is 24.6. The minimum absolute atomic E-state index is 0.0380. The summed E-state index contributed by atoms with van der Waals surface area (Å²) in [5.41, 5.74) is 0. The van der Waals surface area contributed by atoms with Crippen LogP contribution in [0.4, 0.5) is 0 Å². The van der Waals surface area contributed by atoms with Crippen molar-refractivity contribution in [3.63, 3.8) is 0 Å². The molecule has 0 bridgehead atoms. The van der Waals surface area contributed by atoms with E-state index in [2.05, 4.69) is 9.44 Å². The number of hydrogen-bond acceptors (Lipinski definition) is 13. The fourth-order valence-corrected chi connectivity index (χ4v) is 4.90. The third-order valence-electron chi connectivity index (χ3n) is 3.49.